The van der Waals surface area contributed by atoms with Crippen LogP contribution >= 0.6 is 11.6 Å². The smallest absolute Gasteiger partial charge is 0.258 e. The van der Waals surface area contributed by atoms with Gasteiger partial charge in [0, 0.05) is 28.0 Å². The molecular formula is C24H22ClFN2O2. The van der Waals surface area contributed by atoms with Gasteiger partial charge in [0.05, 0.1) is 13.2 Å². The maximum atomic E-state index is 14.2. The van der Waals surface area contributed by atoms with Crippen molar-refractivity contribution in [3.05, 3.63) is 88.7 Å². The predicted octanol–water partition coefficient (Wildman–Crippen LogP) is 6.08. The molecule has 0 aromatic heterocycles. The zero-order valence-corrected chi connectivity index (χ0v) is 17.5. The van der Waals surface area contributed by atoms with E-state index in [1.165, 1.54) is 19.2 Å². The average Bonchev–Trinajstić information content (AvgIpc) is 2.75. The number of hydrogen-bond donors (Lipinski definition) is 1. The van der Waals surface area contributed by atoms with Crippen molar-refractivity contribution in [1.29, 1.82) is 0 Å². The summed E-state index contributed by atoms with van der Waals surface area (Å²) in [5.41, 5.74) is 3.10. The van der Waals surface area contributed by atoms with Crippen molar-refractivity contribution < 1.29 is 13.9 Å². The average molecular weight is 425 g/mol. The highest BCUT2D eigenvalue weighted by Gasteiger charge is 2.34. The van der Waals surface area contributed by atoms with Gasteiger partial charge >= 0.3 is 0 Å². The monoisotopic (exact) mass is 424 g/mol. The van der Waals surface area contributed by atoms with Crippen LogP contribution in [0, 0.1) is 5.82 Å². The van der Waals surface area contributed by atoms with Crippen molar-refractivity contribution in [2.24, 2.45) is 0 Å². The number of fused-ring (bicyclic) bond motifs is 1. The summed E-state index contributed by atoms with van der Waals surface area (Å²) in [6, 6.07) is 19.6. The molecule has 0 spiro atoms. The SMILES string of the molecule is COc1ccc(C(=O)N2c3ccccc3[C@H](Nc3ccc(Cl)cc3)C[C@H]2C)cc1F. The molecule has 0 fully saturated rings. The number of carbonyl (C=O) groups is 1. The fraction of sp³-hybridized carbons (Fsp3) is 0.208. The van der Waals surface area contributed by atoms with Gasteiger partial charge in [-0.15, -0.1) is 0 Å². The lowest BCUT2D eigenvalue weighted by Gasteiger charge is -2.40. The summed E-state index contributed by atoms with van der Waals surface area (Å²) in [5, 5.41) is 4.23. The highest BCUT2D eigenvalue weighted by Crippen LogP contribution is 2.39. The lowest BCUT2D eigenvalue weighted by atomic mass is 9.90. The topological polar surface area (TPSA) is 41.6 Å². The van der Waals surface area contributed by atoms with Gasteiger partial charge in [-0.25, -0.2) is 4.39 Å². The van der Waals surface area contributed by atoms with Gasteiger partial charge in [-0.1, -0.05) is 29.8 Å². The largest absolute Gasteiger partial charge is 0.494 e. The fourth-order valence-electron chi connectivity index (χ4n) is 3.94. The molecule has 3 aromatic carbocycles. The second-order valence-electron chi connectivity index (χ2n) is 7.37. The van der Waals surface area contributed by atoms with Gasteiger partial charge in [-0.05, 0) is 67.4 Å². The third kappa shape index (κ3) is 3.85. The number of methoxy groups -OCH3 is 1. The van der Waals surface area contributed by atoms with E-state index in [0.717, 1.165) is 16.9 Å². The van der Waals surface area contributed by atoms with E-state index in [-0.39, 0.29) is 23.7 Å². The van der Waals surface area contributed by atoms with E-state index in [1.807, 2.05) is 55.5 Å². The van der Waals surface area contributed by atoms with Gasteiger partial charge in [-0.2, -0.15) is 0 Å². The summed E-state index contributed by atoms with van der Waals surface area (Å²) in [6.45, 7) is 2.00. The molecule has 6 heteroatoms. The van der Waals surface area contributed by atoms with Crippen LogP contribution in [0.2, 0.25) is 5.02 Å². The molecule has 2 atom stereocenters. The number of hydrogen-bond acceptors (Lipinski definition) is 3. The molecule has 4 rings (SSSR count). The van der Waals surface area contributed by atoms with Crippen LogP contribution in [-0.2, 0) is 0 Å². The minimum atomic E-state index is -0.552. The standard InChI is InChI=1S/C24H22ClFN2O2/c1-15-13-21(27-18-10-8-17(25)9-11-18)19-5-3-4-6-22(19)28(15)24(29)16-7-12-23(30-2)20(26)14-16/h3-12,14-15,21,27H,13H2,1-2H3/t15-,21-/m1/s1. The van der Waals surface area contributed by atoms with E-state index < -0.39 is 5.82 Å². The number of amides is 1. The van der Waals surface area contributed by atoms with Crippen molar-refractivity contribution >= 4 is 28.9 Å². The maximum Gasteiger partial charge on any atom is 0.258 e. The number of rotatable bonds is 4. The predicted molar refractivity (Wildman–Crippen MR) is 118 cm³/mol. The molecule has 0 saturated carbocycles. The first-order valence-corrected chi connectivity index (χ1v) is 10.1. The summed E-state index contributed by atoms with van der Waals surface area (Å²) >= 11 is 5.99. The number of nitrogens with zero attached hydrogens (tertiary/aromatic N) is 1. The van der Waals surface area contributed by atoms with Crippen LogP contribution in [0.3, 0.4) is 0 Å². The van der Waals surface area contributed by atoms with E-state index in [0.29, 0.717) is 17.0 Å². The van der Waals surface area contributed by atoms with E-state index >= 15 is 0 Å². The van der Waals surface area contributed by atoms with Gasteiger partial charge in [-0.3, -0.25) is 4.79 Å². The highest BCUT2D eigenvalue weighted by atomic mass is 35.5. The Hall–Kier alpha value is -3.05. The van der Waals surface area contributed by atoms with Crippen LogP contribution in [0.4, 0.5) is 15.8 Å². The lowest BCUT2D eigenvalue weighted by molar-refractivity contribution is 0.0973. The Morgan fingerprint density at radius 3 is 2.57 bits per heavy atom. The minimum absolute atomic E-state index is 0.0361. The Kier molecular flexibility index (Phi) is 5.64. The Bertz CT molecular complexity index is 1070. The molecular weight excluding hydrogens is 403 g/mol. The van der Waals surface area contributed by atoms with Crippen molar-refractivity contribution in [2.45, 2.75) is 25.4 Å². The van der Waals surface area contributed by atoms with E-state index in [9.17, 15) is 9.18 Å². The molecule has 154 valence electrons. The number of halogens is 2. The van der Waals surface area contributed by atoms with Crippen LogP contribution in [0.5, 0.6) is 5.75 Å². The Morgan fingerprint density at radius 1 is 1.13 bits per heavy atom. The van der Waals surface area contributed by atoms with Crippen LogP contribution < -0.4 is 15.0 Å². The van der Waals surface area contributed by atoms with Gasteiger partial charge in [0.2, 0.25) is 0 Å². The Balaban J connectivity index is 1.67. The van der Waals surface area contributed by atoms with Crippen LogP contribution in [0.15, 0.2) is 66.7 Å². The number of ether oxygens (including phenoxy) is 1. The van der Waals surface area contributed by atoms with E-state index in [2.05, 4.69) is 5.32 Å². The summed E-state index contributed by atoms with van der Waals surface area (Å²) in [7, 11) is 1.40. The summed E-state index contributed by atoms with van der Waals surface area (Å²) in [5.74, 6) is -0.670. The molecule has 1 aliphatic rings. The van der Waals surface area contributed by atoms with E-state index in [4.69, 9.17) is 16.3 Å². The molecule has 1 heterocycles. The van der Waals surface area contributed by atoms with E-state index in [1.54, 1.807) is 11.0 Å². The summed E-state index contributed by atoms with van der Waals surface area (Å²) in [6.07, 6.45) is 0.712. The van der Waals surface area contributed by atoms with Gasteiger partial charge < -0.3 is 15.0 Å². The lowest BCUT2D eigenvalue weighted by Crippen LogP contribution is -2.44. The number of benzene rings is 3. The maximum absolute atomic E-state index is 14.2. The number of para-hydroxylation sites is 1. The van der Waals surface area contributed by atoms with Crippen LogP contribution in [0.1, 0.15) is 35.3 Å². The Morgan fingerprint density at radius 2 is 1.87 bits per heavy atom. The third-order valence-corrected chi connectivity index (χ3v) is 5.64. The fourth-order valence-corrected chi connectivity index (χ4v) is 4.07. The zero-order valence-electron chi connectivity index (χ0n) is 16.7. The summed E-state index contributed by atoms with van der Waals surface area (Å²) in [4.78, 5) is 15.1. The van der Waals surface area contributed by atoms with Crippen molar-refractivity contribution in [1.82, 2.24) is 0 Å². The van der Waals surface area contributed by atoms with Crippen molar-refractivity contribution in [3.8, 4) is 5.75 Å². The molecule has 4 nitrogen and oxygen atoms in total. The molecule has 1 aliphatic heterocycles. The third-order valence-electron chi connectivity index (χ3n) is 5.39. The highest BCUT2D eigenvalue weighted by molar-refractivity contribution is 6.30. The zero-order chi connectivity index (χ0) is 21.3. The molecule has 0 unspecified atom stereocenters. The molecule has 0 aliphatic carbocycles. The first-order valence-electron chi connectivity index (χ1n) is 9.76. The van der Waals surface area contributed by atoms with Crippen molar-refractivity contribution in [2.75, 3.05) is 17.3 Å². The second-order valence-corrected chi connectivity index (χ2v) is 7.81. The molecule has 1 amide bonds. The summed E-state index contributed by atoms with van der Waals surface area (Å²) < 4.78 is 19.2. The normalized spacial score (nSPS) is 17.9. The second kappa shape index (κ2) is 8.36. The minimum Gasteiger partial charge on any atom is -0.494 e. The van der Waals surface area contributed by atoms with Gasteiger partial charge in [0.25, 0.3) is 5.91 Å². The first kappa shape index (κ1) is 20.2. The molecule has 1 N–H and O–H groups in total. The quantitative estimate of drug-likeness (QED) is 0.551. The molecule has 0 radical (unpaired) electrons. The molecule has 0 bridgehead atoms. The molecule has 3 aromatic rings. The molecule has 30 heavy (non-hydrogen) atoms. The number of nitrogens with one attached hydrogen (secondary N) is 1. The Labute approximate surface area is 180 Å². The van der Waals surface area contributed by atoms with Crippen molar-refractivity contribution in [3.63, 3.8) is 0 Å². The molecule has 0 saturated heterocycles. The number of anilines is 2. The van der Waals surface area contributed by atoms with Gasteiger partial charge in [0.1, 0.15) is 0 Å². The van der Waals surface area contributed by atoms with Crippen LogP contribution in [-0.4, -0.2) is 19.1 Å². The number of carbonyl (C=O) groups excluding carboxylic acids is 1. The first-order chi connectivity index (χ1) is 14.5. The van der Waals surface area contributed by atoms with Crippen LogP contribution in [0.25, 0.3) is 0 Å². The van der Waals surface area contributed by atoms with Gasteiger partial charge in [0.15, 0.2) is 11.6 Å².